The largest absolute Gasteiger partial charge is 0.480 e. The molecule has 2 N–H and O–H groups in total. The first-order valence-electron chi connectivity index (χ1n) is 6.87. The van der Waals surface area contributed by atoms with Crippen molar-refractivity contribution in [2.45, 2.75) is 44.6 Å². The van der Waals surface area contributed by atoms with Crippen LogP contribution in [0.5, 0.6) is 0 Å². The van der Waals surface area contributed by atoms with Crippen molar-refractivity contribution < 1.29 is 9.90 Å². The number of hydrogen-bond acceptors (Lipinski definition) is 3. The summed E-state index contributed by atoms with van der Waals surface area (Å²) < 4.78 is 0. The Balaban J connectivity index is 2.22. The maximum Gasteiger partial charge on any atom is 0.324 e. The van der Waals surface area contributed by atoms with E-state index in [9.17, 15) is 9.90 Å². The van der Waals surface area contributed by atoms with Crippen molar-refractivity contribution in [1.29, 1.82) is 0 Å². The molecule has 1 heterocycles. The zero-order valence-electron chi connectivity index (χ0n) is 10.7. The van der Waals surface area contributed by atoms with E-state index in [0.29, 0.717) is 0 Å². The Bertz CT molecular complexity index is 275. The molecule has 98 valence electrons. The van der Waals surface area contributed by atoms with Gasteiger partial charge in [-0.2, -0.15) is 0 Å². The zero-order chi connectivity index (χ0) is 12.3. The van der Waals surface area contributed by atoms with E-state index in [-0.39, 0.29) is 5.92 Å². The van der Waals surface area contributed by atoms with Crippen LogP contribution in [-0.2, 0) is 4.79 Å². The van der Waals surface area contributed by atoms with E-state index in [2.05, 4.69) is 17.1 Å². The van der Waals surface area contributed by atoms with Gasteiger partial charge >= 0.3 is 5.97 Å². The lowest BCUT2D eigenvalue weighted by Gasteiger charge is -2.47. The fraction of sp³-hybridized carbons (Fsp3) is 0.923. The van der Waals surface area contributed by atoms with Crippen LogP contribution in [0.25, 0.3) is 0 Å². The fourth-order valence-electron chi connectivity index (χ4n) is 3.50. The van der Waals surface area contributed by atoms with Crippen LogP contribution in [0.2, 0.25) is 0 Å². The second kappa shape index (κ2) is 5.36. The SMILES string of the molecule is CC1CCCCC1(C(=O)O)N1CCCNCC1. The number of carboxylic acid groups (broad SMARTS) is 1. The highest BCUT2D eigenvalue weighted by Crippen LogP contribution is 2.39. The lowest BCUT2D eigenvalue weighted by molar-refractivity contribution is -0.158. The Kier molecular flexibility index (Phi) is 4.05. The molecule has 0 spiro atoms. The maximum atomic E-state index is 11.8. The van der Waals surface area contributed by atoms with E-state index in [1.165, 1.54) is 6.42 Å². The summed E-state index contributed by atoms with van der Waals surface area (Å²) in [6.45, 7) is 5.84. The minimum atomic E-state index is -0.605. The van der Waals surface area contributed by atoms with Crippen LogP contribution in [0, 0.1) is 5.92 Å². The summed E-state index contributed by atoms with van der Waals surface area (Å²) in [4.78, 5) is 14.1. The van der Waals surface area contributed by atoms with Crippen LogP contribution < -0.4 is 5.32 Å². The molecular weight excluding hydrogens is 216 g/mol. The molecule has 17 heavy (non-hydrogen) atoms. The van der Waals surface area contributed by atoms with Gasteiger partial charge in [0, 0.05) is 19.6 Å². The van der Waals surface area contributed by atoms with Crippen LogP contribution in [-0.4, -0.2) is 47.7 Å². The van der Waals surface area contributed by atoms with Gasteiger partial charge in [-0.05, 0) is 31.7 Å². The Labute approximate surface area is 103 Å². The van der Waals surface area contributed by atoms with Crippen LogP contribution in [0.3, 0.4) is 0 Å². The van der Waals surface area contributed by atoms with E-state index in [0.717, 1.165) is 51.9 Å². The van der Waals surface area contributed by atoms with Gasteiger partial charge in [-0.1, -0.05) is 19.8 Å². The molecule has 0 amide bonds. The Hall–Kier alpha value is -0.610. The van der Waals surface area contributed by atoms with Crippen molar-refractivity contribution in [1.82, 2.24) is 10.2 Å². The van der Waals surface area contributed by atoms with Crippen molar-refractivity contribution in [3.05, 3.63) is 0 Å². The molecule has 2 rings (SSSR count). The topological polar surface area (TPSA) is 52.6 Å². The minimum absolute atomic E-state index is 0.270. The number of nitrogens with zero attached hydrogens (tertiary/aromatic N) is 1. The van der Waals surface area contributed by atoms with Gasteiger partial charge in [-0.15, -0.1) is 0 Å². The summed E-state index contributed by atoms with van der Waals surface area (Å²) in [5, 5.41) is 13.1. The van der Waals surface area contributed by atoms with Gasteiger partial charge in [0.05, 0.1) is 0 Å². The molecule has 2 atom stereocenters. The Morgan fingerprint density at radius 2 is 2.12 bits per heavy atom. The molecule has 1 aliphatic carbocycles. The number of hydrogen-bond donors (Lipinski definition) is 2. The van der Waals surface area contributed by atoms with Crippen LogP contribution in [0.4, 0.5) is 0 Å². The highest BCUT2D eigenvalue weighted by molar-refractivity contribution is 5.79. The van der Waals surface area contributed by atoms with Gasteiger partial charge in [0.1, 0.15) is 5.54 Å². The molecule has 2 unspecified atom stereocenters. The molecule has 0 aromatic carbocycles. The molecular formula is C13H24N2O2. The number of rotatable bonds is 2. The summed E-state index contributed by atoms with van der Waals surface area (Å²) in [5.74, 6) is -0.335. The number of nitrogens with one attached hydrogen (secondary N) is 1. The average molecular weight is 240 g/mol. The number of carboxylic acids is 1. The quantitative estimate of drug-likeness (QED) is 0.764. The normalized spacial score (nSPS) is 36.4. The van der Waals surface area contributed by atoms with Crippen molar-refractivity contribution in [2.24, 2.45) is 5.92 Å². The first-order valence-corrected chi connectivity index (χ1v) is 6.87. The third kappa shape index (κ3) is 2.33. The van der Waals surface area contributed by atoms with Crippen LogP contribution in [0.1, 0.15) is 39.0 Å². The zero-order valence-corrected chi connectivity index (χ0v) is 10.7. The Morgan fingerprint density at radius 1 is 1.29 bits per heavy atom. The molecule has 4 heteroatoms. The lowest BCUT2D eigenvalue weighted by Crippen LogP contribution is -2.60. The van der Waals surface area contributed by atoms with Crippen LogP contribution >= 0.6 is 0 Å². The molecule has 1 saturated heterocycles. The fourth-order valence-corrected chi connectivity index (χ4v) is 3.50. The molecule has 0 bridgehead atoms. The molecule has 0 aromatic heterocycles. The third-order valence-electron chi connectivity index (χ3n) is 4.54. The minimum Gasteiger partial charge on any atom is -0.480 e. The standard InChI is InChI=1S/C13H24N2O2/c1-11-5-2-3-6-13(11,12(16)17)15-9-4-7-14-8-10-15/h11,14H,2-10H2,1H3,(H,16,17). The Morgan fingerprint density at radius 3 is 2.82 bits per heavy atom. The number of carbonyl (C=O) groups is 1. The van der Waals surface area contributed by atoms with Crippen molar-refractivity contribution in [3.63, 3.8) is 0 Å². The molecule has 4 nitrogen and oxygen atoms in total. The van der Waals surface area contributed by atoms with Gasteiger partial charge < -0.3 is 10.4 Å². The number of aliphatic carboxylic acids is 1. The second-order valence-electron chi connectivity index (χ2n) is 5.47. The van der Waals surface area contributed by atoms with Crippen LogP contribution in [0.15, 0.2) is 0 Å². The van der Waals surface area contributed by atoms with Gasteiger partial charge in [0.2, 0.25) is 0 Å². The molecule has 0 radical (unpaired) electrons. The van der Waals surface area contributed by atoms with E-state index >= 15 is 0 Å². The first-order chi connectivity index (χ1) is 8.18. The lowest BCUT2D eigenvalue weighted by atomic mass is 9.72. The second-order valence-corrected chi connectivity index (χ2v) is 5.47. The molecule has 2 aliphatic rings. The summed E-state index contributed by atoms with van der Waals surface area (Å²) in [7, 11) is 0. The first kappa shape index (κ1) is 12.8. The van der Waals surface area contributed by atoms with Crippen molar-refractivity contribution >= 4 is 5.97 Å². The third-order valence-corrected chi connectivity index (χ3v) is 4.54. The maximum absolute atomic E-state index is 11.8. The van der Waals surface area contributed by atoms with E-state index in [1.54, 1.807) is 0 Å². The average Bonchev–Trinajstić information content (AvgIpc) is 2.58. The van der Waals surface area contributed by atoms with Gasteiger partial charge in [-0.25, -0.2) is 0 Å². The molecule has 1 aliphatic heterocycles. The predicted molar refractivity (Wildman–Crippen MR) is 67.1 cm³/mol. The van der Waals surface area contributed by atoms with Crippen molar-refractivity contribution in [2.75, 3.05) is 26.2 Å². The molecule has 0 aromatic rings. The van der Waals surface area contributed by atoms with E-state index < -0.39 is 11.5 Å². The van der Waals surface area contributed by atoms with Gasteiger partial charge in [-0.3, -0.25) is 9.69 Å². The van der Waals surface area contributed by atoms with Gasteiger partial charge in [0.15, 0.2) is 0 Å². The van der Waals surface area contributed by atoms with E-state index in [1.807, 2.05) is 0 Å². The predicted octanol–water partition coefficient (Wildman–Crippen LogP) is 1.32. The monoisotopic (exact) mass is 240 g/mol. The summed E-state index contributed by atoms with van der Waals surface area (Å²) in [5.41, 5.74) is -0.593. The highest BCUT2D eigenvalue weighted by Gasteiger charge is 2.49. The van der Waals surface area contributed by atoms with E-state index in [4.69, 9.17) is 0 Å². The summed E-state index contributed by atoms with van der Waals surface area (Å²) in [6.07, 6.45) is 5.17. The molecule has 1 saturated carbocycles. The molecule has 2 fully saturated rings. The van der Waals surface area contributed by atoms with Crippen molar-refractivity contribution in [3.8, 4) is 0 Å². The highest BCUT2D eigenvalue weighted by atomic mass is 16.4. The summed E-state index contributed by atoms with van der Waals surface area (Å²) >= 11 is 0. The summed E-state index contributed by atoms with van der Waals surface area (Å²) in [6, 6.07) is 0. The smallest absolute Gasteiger partial charge is 0.324 e. The van der Waals surface area contributed by atoms with Gasteiger partial charge in [0.25, 0.3) is 0 Å².